The molecular formula is H39K39. The zero-order valence-corrected chi connectivity index (χ0v) is 161. The summed E-state index contributed by atoms with van der Waals surface area (Å²) in [5, 5.41) is 0. The topological polar surface area (TPSA) is 0 Å². The normalized spacial score (nSPS) is 0. The van der Waals surface area contributed by atoms with E-state index in [1.165, 1.54) is 0 Å². The van der Waals surface area contributed by atoms with Crippen LogP contribution in [0.2, 0.25) is 0 Å². The molecule has 39 heavy (non-hydrogen) atoms. The van der Waals surface area contributed by atoms with Gasteiger partial charge in [-0.3, -0.25) is 0 Å². The van der Waals surface area contributed by atoms with Crippen LogP contribution in [0.15, 0.2) is 0 Å². The van der Waals surface area contributed by atoms with Gasteiger partial charge in [0.2, 0.25) is 0 Å². The Kier molecular flexibility index (Phi) is 1710. The molecule has 0 aromatic heterocycles. The van der Waals surface area contributed by atoms with E-state index >= 15 is 0 Å². The van der Waals surface area contributed by atoms with Gasteiger partial charge in [-0.25, -0.2) is 0 Å². The molecule has 0 saturated carbocycles. The molecule has 0 spiro atoms. The molecule has 0 aromatic carbocycles. The van der Waals surface area contributed by atoms with Crippen LogP contribution < -0.4 is 2000 Å². The summed E-state index contributed by atoms with van der Waals surface area (Å²) in [7, 11) is 0. The van der Waals surface area contributed by atoms with E-state index < -0.39 is 0 Å². The predicted octanol–water partition coefficient (Wildman–Crippen LogP) is -112. The van der Waals surface area contributed by atoms with Crippen LogP contribution in [-0.2, 0) is 0 Å². The molecule has 0 fully saturated rings. The van der Waals surface area contributed by atoms with E-state index in [-0.39, 0.29) is 2060 Å². The molecular weight excluding hydrogens is 1520 g/mol. The van der Waals surface area contributed by atoms with Crippen molar-refractivity contribution in [1.82, 2.24) is 0 Å². The van der Waals surface area contributed by atoms with Crippen molar-refractivity contribution < 1.29 is 2060 Å². The summed E-state index contributed by atoms with van der Waals surface area (Å²) in [6, 6.07) is 0. The van der Waals surface area contributed by atoms with Gasteiger partial charge >= 0.3 is 2000 Å². The van der Waals surface area contributed by atoms with Crippen LogP contribution >= 0.6 is 0 Å². The maximum atomic E-state index is 0. The fourth-order valence-electron chi connectivity index (χ4n) is 0. The molecule has 39 heteroatoms. The summed E-state index contributed by atoms with van der Waals surface area (Å²) in [5.74, 6) is 0. The average molecular weight is 1560 g/mol. The first-order valence-corrected chi connectivity index (χ1v) is 0. The van der Waals surface area contributed by atoms with Crippen molar-refractivity contribution >= 4 is 0 Å². The van der Waals surface area contributed by atoms with Crippen molar-refractivity contribution in [1.29, 1.82) is 0 Å². The van der Waals surface area contributed by atoms with Gasteiger partial charge in [-0.2, -0.15) is 0 Å². The molecule has 0 aliphatic rings. The Morgan fingerprint density at radius 3 is 0.0513 bits per heavy atom. The van der Waals surface area contributed by atoms with Crippen molar-refractivity contribution in [3.8, 4) is 0 Å². The van der Waals surface area contributed by atoms with Crippen LogP contribution in [0.5, 0.6) is 0 Å². The second-order valence-electron chi connectivity index (χ2n) is 0. The first-order valence-electron chi connectivity index (χ1n) is 0. The fraction of sp³-hybridized carbons (Fsp3) is 0. The monoisotopic (exact) mass is 1560 g/mol. The molecule has 0 aliphatic carbocycles. The first kappa shape index (κ1) is 262. The molecule has 78 valence electrons. The summed E-state index contributed by atoms with van der Waals surface area (Å²) in [5.41, 5.74) is 0. The van der Waals surface area contributed by atoms with Gasteiger partial charge in [0, 0.05) is 0 Å². The smallest absolute Gasteiger partial charge is 1.00 e. The Morgan fingerprint density at radius 2 is 0.0513 bits per heavy atom. The molecule has 0 aromatic rings. The average Bonchev–Trinajstić information content (AvgIpc) is 0. The number of hydrogen-bond donors (Lipinski definition) is 0. The largest absolute Gasteiger partial charge is 1.00 e. The minimum absolute atomic E-state index is 0. The third kappa shape index (κ3) is 249. The molecule has 0 unspecified atom stereocenters. The van der Waals surface area contributed by atoms with Gasteiger partial charge in [0.1, 0.15) is 0 Å². The van der Waals surface area contributed by atoms with Crippen molar-refractivity contribution in [3.63, 3.8) is 0 Å². The number of hydrogen-bond acceptors (Lipinski definition) is 0. The minimum Gasteiger partial charge on any atom is -1.00 e. The Morgan fingerprint density at radius 1 is 0.0513 bits per heavy atom. The Labute approximate surface area is 1970 Å². The molecule has 0 N–H and O–H groups in total. The maximum absolute atomic E-state index is 0. The molecule has 0 radical (unpaired) electrons. The quantitative estimate of drug-likeness (QED) is 0.212. The maximum Gasteiger partial charge on any atom is 1.00 e. The molecule has 0 bridgehead atoms. The van der Waals surface area contributed by atoms with E-state index in [0.29, 0.717) is 0 Å². The third-order valence-electron chi connectivity index (χ3n) is 0. The number of rotatable bonds is 0. The van der Waals surface area contributed by atoms with Crippen molar-refractivity contribution in [2.75, 3.05) is 0 Å². The first-order chi connectivity index (χ1) is 0. The van der Waals surface area contributed by atoms with Gasteiger partial charge in [0.25, 0.3) is 0 Å². The van der Waals surface area contributed by atoms with E-state index in [1.807, 2.05) is 0 Å². The van der Waals surface area contributed by atoms with E-state index in [4.69, 9.17) is 0 Å². The summed E-state index contributed by atoms with van der Waals surface area (Å²) in [4.78, 5) is 0. The third-order valence-corrected chi connectivity index (χ3v) is 0. The molecule has 0 amide bonds. The van der Waals surface area contributed by atoms with Crippen LogP contribution in [0.4, 0.5) is 0 Å². The van der Waals surface area contributed by atoms with Crippen LogP contribution in [0.3, 0.4) is 0 Å². The van der Waals surface area contributed by atoms with Crippen molar-refractivity contribution in [3.05, 3.63) is 0 Å². The molecule has 0 nitrogen and oxygen atoms in total. The van der Waals surface area contributed by atoms with Gasteiger partial charge in [-0.1, -0.05) is 0 Å². The van der Waals surface area contributed by atoms with E-state index in [9.17, 15) is 0 Å². The van der Waals surface area contributed by atoms with Crippen LogP contribution in [0, 0.1) is 0 Å². The molecule has 0 aliphatic heterocycles. The van der Waals surface area contributed by atoms with Crippen molar-refractivity contribution in [2.24, 2.45) is 0 Å². The molecule has 0 saturated heterocycles. The van der Waals surface area contributed by atoms with Gasteiger partial charge in [-0.15, -0.1) is 0 Å². The molecule has 0 rings (SSSR count). The zero-order chi connectivity index (χ0) is 0. The predicted molar refractivity (Wildman–Crippen MR) is 43.4 cm³/mol. The van der Waals surface area contributed by atoms with Crippen LogP contribution in [-0.4, -0.2) is 0 Å². The van der Waals surface area contributed by atoms with Gasteiger partial charge < -0.3 is 55.6 Å². The second kappa shape index (κ2) is 254. The minimum atomic E-state index is 0. The van der Waals surface area contributed by atoms with Gasteiger partial charge in [-0.05, 0) is 0 Å². The summed E-state index contributed by atoms with van der Waals surface area (Å²) >= 11 is 0. The van der Waals surface area contributed by atoms with Crippen LogP contribution in [0.25, 0.3) is 0 Å². The van der Waals surface area contributed by atoms with Gasteiger partial charge in [0.05, 0.1) is 0 Å². The second-order valence-corrected chi connectivity index (χ2v) is 0. The zero-order valence-electron chi connectivity index (χ0n) is 78.0. The Balaban J connectivity index is 0. The Bertz CT molecular complexity index is 78.0. The Hall–Kier alpha value is 63.8. The molecule has 0 heterocycles. The standard InChI is InChI=1S/39K.39H/q39*+1;39*-1. The van der Waals surface area contributed by atoms with E-state index in [2.05, 4.69) is 0 Å². The van der Waals surface area contributed by atoms with Crippen LogP contribution in [0.1, 0.15) is 55.6 Å². The van der Waals surface area contributed by atoms with E-state index in [1.54, 1.807) is 0 Å². The summed E-state index contributed by atoms with van der Waals surface area (Å²) in [6.07, 6.45) is 0. The fourth-order valence-corrected chi connectivity index (χ4v) is 0. The SMILES string of the molecule is [H-].[H-].[H-].[H-].[H-].[H-].[H-].[H-].[H-].[H-].[H-].[H-].[H-].[H-].[H-].[H-].[H-].[H-].[H-].[H-].[H-].[H-].[H-].[H-].[H-].[H-].[H-].[H-].[H-].[H-].[H-].[H-].[H-].[H-].[H-].[H-].[H-].[H-].[H-].[K+].[K+].[K+].[K+].[K+].[K+].[K+].[K+].[K+].[K+].[K+].[K+].[K+].[K+].[K+].[K+].[K+].[K+].[K+].[K+].[K+].[K+].[K+].[K+].[K+].[K+].[K+].[K+].[K+].[K+].[K+].[K+].[K+].[K+].[K+].[K+].[K+].[K+].[K+]. The summed E-state index contributed by atoms with van der Waals surface area (Å²) in [6.45, 7) is 0. The molecule has 0 atom stereocenters. The van der Waals surface area contributed by atoms with Crippen molar-refractivity contribution in [2.45, 2.75) is 0 Å². The summed E-state index contributed by atoms with van der Waals surface area (Å²) < 4.78 is 0. The van der Waals surface area contributed by atoms with Gasteiger partial charge in [0.15, 0.2) is 0 Å². The van der Waals surface area contributed by atoms with E-state index in [0.717, 1.165) is 0 Å².